The second-order valence-electron chi connectivity index (χ2n) is 6.41. The number of thioether (sulfide) groups is 1. The molecule has 3 rings (SSSR count). The SMILES string of the molecule is CSc1ccc(NC(=O)NCCC[NH+]2CCc3ccccc3C2)cc1. The van der Waals surface area contributed by atoms with E-state index in [1.165, 1.54) is 22.6 Å². The molecule has 1 aliphatic rings. The molecule has 132 valence electrons. The van der Waals surface area contributed by atoms with Crippen LogP contribution in [0.1, 0.15) is 17.5 Å². The summed E-state index contributed by atoms with van der Waals surface area (Å²) in [6.45, 7) is 4.09. The Hall–Kier alpha value is -1.98. The third-order valence-electron chi connectivity index (χ3n) is 4.65. The van der Waals surface area contributed by atoms with Gasteiger partial charge >= 0.3 is 6.03 Å². The number of amides is 2. The fourth-order valence-electron chi connectivity index (χ4n) is 3.25. The van der Waals surface area contributed by atoms with E-state index in [2.05, 4.69) is 34.9 Å². The van der Waals surface area contributed by atoms with Crippen LogP contribution in [0, 0.1) is 0 Å². The van der Waals surface area contributed by atoms with Crippen molar-refractivity contribution in [1.29, 1.82) is 0 Å². The number of hydrogen-bond acceptors (Lipinski definition) is 2. The van der Waals surface area contributed by atoms with Crippen LogP contribution in [0.25, 0.3) is 0 Å². The summed E-state index contributed by atoms with van der Waals surface area (Å²) < 4.78 is 0. The maximum atomic E-state index is 11.9. The monoisotopic (exact) mass is 356 g/mol. The predicted octanol–water partition coefficient (Wildman–Crippen LogP) is 2.56. The first-order valence-electron chi connectivity index (χ1n) is 8.84. The Morgan fingerprint density at radius 1 is 1.12 bits per heavy atom. The normalized spacial score (nSPS) is 16.1. The number of rotatable bonds is 6. The van der Waals surface area contributed by atoms with E-state index < -0.39 is 0 Å². The molecule has 0 spiro atoms. The first kappa shape index (κ1) is 17.8. The van der Waals surface area contributed by atoms with Gasteiger partial charge in [-0.05, 0) is 36.1 Å². The third kappa shape index (κ3) is 5.25. The van der Waals surface area contributed by atoms with Crippen LogP contribution < -0.4 is 15.5 Å². The van der Waals surface area contributed by atoms with Gasteiger partial charge in [0.1, 0.15) is 6.54 Å². The van der Waals surface area contributed by atoms with Gasteiger partial charge in [0.05, 0.1) is 13.1 Å². The number of anilines is 1. The molecule has 1 unspecified atom stereocenters. The summed E-state index contributed by atoms with van der Waals surface area (Å²) in [5.74, 6) is 0. The second kappa shape index (κ2) is 8.92. The Morgan fingerprint density at radius 2 is 1.88 bits per heavy atom. The highest BCUT2D eigenvalue weighted by Crippen LogP contribution is 2.17. The van der Waals surface area contributed by atoms with Gasteiger partial charge in [-0.1, -0.05) is 24.3 Å². The summed E-state index contributed by atoms with van der Waals surface area (Å²) in [7, 11) is 0. The van der Waals surface area contributed by atoms with Crippen molar-refractivity contribution < 1.29 is 9.69 Å². The highest BCUT2D eigenvalue weighted by atomic mass is 32.2. The second-order valence-corrected chi connectivity index (χ2v) is 7.29. The van der Waals surface area contributed by atoms with Crippen LogP contribution in [-0.4, -0.2) is 31.9 Å². The van der Waals surface area contributed by atoms with Crippen LogP contribution in [0.2, 0.25) is 0 Å². The Balaban J connectivity index is 1.35. The average molecular weight is 357 g/mol. The molecule has 3 N–H and O–H groups in total. The summed E-state index contributed by atoms with van der Waals surface area (Å²) in [6, 6.07) is 16.5. The minimum Gasteiger partial charge on any atom is -0.338 e. The minimum atomic E-state index is -0.129. The zero-order valence-electron chi connectivity index (χ0n) is 14.7. The zero-order chi connectivity index (χ0) is 17.5. The molecule has 2 amide bonds. The number of fused-ring (bicyclic) bond motifs is 1. The van der Waals surface area contributed by atoms with E-state index in [0.717, 1.165) is 31.6 Å². The first-order chi connectivity index (χ1) is 12.2. The van der Waals surface area contributed by atoms with Crippen molar-refractivity contribution in [3.63, 3.8) is 0 Å². The number of hydrogen-bond donors (Lipinski definition) is 3. The Bertz CT molecular complexity index is 702. The van der Waals surface area contributed by atoms with Crippen molar-refractivity contribution in [1.82, 2.24) is 5.32 Å². The van der Waals surface area contributed by atoms with Gasteiger partial charge in [0.25, 0.3) is 0 Å². The fourth-order valence-corrected chi connectivity index (χ4v) is 3.65. The predicted molar refractivity (Wildman–Crippen MR) is 104 cm³/mol. The molecule has 0 saturated carbocycles. The lowest BCUT2D eigenvalue weighted by Crippen LogP contribution is -3.11. The molecule has 0 bridgehead atoms. The number of nitrogens with one attached hydrogen (secondary N) is 3. The standard InChI is InChI=1S/C20H25N3OS/c1-25-19-9-7-18(8-10-19)22-20(24)21-12-4-13-23-14-11-16-5-2-3-6-17(16)15-23/h2-3,5-10H,4,11-15H2,1H3,(H2,21,22,24)/p+1. The Labute approximate surface area is 154 Å². The molecule has 2 aromatic rings. The summed E-state index contributed by atoms with van der Waals surface area (Å²) in [4.78, 5) is 14.7. The molecule has 4 nitrogen and oxygen atoms in total. The lowest BCUT2D eigenvalue weighted by atomic mass is 10.00. The molecule has 0 aromatic heterocycles. The van der Waals surface area contributed by atoms with Crippen LogP contribution in [0.4, 0.5) is 10.5 Å². The van der Waals surface area contributed by atoms with Gasteiger partial charge in [0, 0.05) is 35.5 Å². The van der Waals surface area contributed by atoms with Crippen molar-refractivity contribution in [3.05, 3.63) is 59.7 Å². The van der Waals surface area contributed by atoms with E-state index in [0.29, 0.717) is 6.54 Å². The minimum absolute atomic E-state index is 0.129. The maximum Gasteiger partial charge on any atom is 0.319 e. The van der Waals surface area contributed by atoms with Crippen LogP contribution >= 0.6 is 11.8 Å². The molecule has 1 heterocycles. The molecule has 0 aliphatic carbocycles. The van der Waals surface area contributed by atoms with Gasteiger partial charge < -0.3 is 15.5 Å². The Morgan fingerprint density at radius 3 is 2.64 bits per heavy atom. The highest BCUT2D eigenvalue weighted by molar-refractivity contribution is 7.98. The molecule has 2 aromatic carbocycles. The van der Waals surface area contributed by atoms with Crippen LogP contribution in [0.5, 0.6) is 0 Å². The quantitative estimate of drug-likeness (QED) is 0.550. The molecular weight excluding hydrogens is 330 g/mol. The number of carbonyl (C=O) groups excluding carboxylic acids is 1. The molecular formula is C20H26N3OS+. The highest BCUT2D eigenvalue weighted by Gasteiger charge is 2.18. The van der Waals surface area contributed by atoms with E-state index in [9.17, 15) is 4.79 Å². The molecule has 1 aliphatic heterocycles. The molecule has 25 heavy (non-hydrogen) atoms. The van der Waals surface area contributed by atoms with Crippen molar-refractivity contribution in [2.45, 2.75) is 24.3 Å². The van der Waals surface area contributed by atoms with E-state index >= 15 is 0 Å². The van der Waals surface area contributed by atoms with E-state index in [4.69, 9.17) is 0 Å². The van der Waals surface area contributed by atoms with Crippen LogP contribution in [0.3, 0.4) is 0 Å². The molecule has 5 heteroatoms. The van der Waals surface area contributed by atoms with Crippen LogP contribution in [-0.2, 0) is 13.0 Å². The zero-order valence-corrected chi connectivity index (χ0v) is 15.5. The first-order valence-corrected chi connectivity index (χ1v) is 10.1. The summed E-state index contributed by atoms with van der Waals surface area (Å²) in [5.41, 5.74) is 3.80. The number of carbonyl (C=O) groups is 1. The molecule has 1 atom stereocenters. The Kier molecular flexibility index (Phi) is 6.36. The molecule has 0 radical (unpaired) electrons. The van der Waals surface area contributed by atoms with Crippen molar-refractivity contribution >= 4 is 23.5 Å². The van der Waals surface area contributed by atoms with E-state index in [1.807, 2.05) is 30.5 Å². The van der Waals surface area contributed by atoms with Gasteiger partial charge in [-0.3, -0.25) is 0 Å². The fraction of sp³-hybridized carbons (Fsp3) is 0.350. The third-order valence-corrected chi connectivity index (χ3v) is 5.39. The summed E-state index contributed by atoms with van der Waals surface area (Å²) in [6.07, 6.45) is 4.19. The van der Waals surface area contributed by atoms with Crippen molar-refractivity contribution in [2.24, 2.45) is 0 Å². The summed E-state index contributed by atoms with van der Waals surface area (Å²) in [5, 5.41) is 5.83. The lowest BCUT2D eigenvalue weighted by molar-refractivity contribution is -0.916. The number of benzene rings is 2. The van der Waals surface area contributed by atoms with Crippen molar-refractivity contribution in [2.75, 3.05) is 31.2 Å². The van der Waals surface area contributed by atoms with E-state index in [-0.39, 0.29) is 6.03 Å². The van der Waals surface area contributed by atoms with E-state index in [1.54, 1.807) is 16.7 Å². The van der Waals surface area contributed by atoms with Gasteiger partial charge in [-0.15, -0.1) is 11.8 Å². The topological polar surface area (TPSA) is 45.6 Å². The molecule has 0 fully saturated rings. The largest absolute Gasteiger partial charge is 0.338 e. The van der Waals surface area contributed by atoms with Gasteiger partial charge in [-0.2, -0.15) is 0 Å². The number of urea groups is 1. The smallest absolute Gasteiger partial charge is 0.319 e. The van der Waals surface area contributed by atoms with Crippen molar-refractivity contribution in [3.8, 4) is 0 Å². The van der Waals surface area contributed by atoms with Gasteiger partial charge in [0.15, 0.2) is 0 Å². The van der Waals surface area contributed by atoms with Gasteiger partial charge in [0.2, 0.25) is 0 Å². The maximum absolute atomic E-state index is 11.9. The van der Waals surface area contributed by atoms with Gasteiger partial charge in [-0.25, -0.2) is 4.79 Å². The van der Waals surface area contributed by atoms with Crippen LogP contribution in [0.15, 0.2) is 53.4 Å². The number of quaternary nitrogens is 1. The summed E-state index contributed by atoms with van der Waals surface area (Å²) >= 11 is 1.69. The lowest BCUT2D eigenvalue weighted by Gasteiger charge is -2.25. The molecule has 0 saturated heterocycles. The average Bonchev–Trinajstić information content (AvgIpc) is 2.66.